The minimum atomic E-state index is 0.413. The molecule has 3 heteroatoms. The van der Waals surface area contributed by atoms with Gasteiger partial charge in [-0.1, -0.05) is 30.3 Å². The van der Waals surface area contributed by atoms with E-state index in [0.29, 0.717) is 18.2 Å². The molecule has 0 aliphatic carbocycles. The Labute approximate surface area is 126 Å². The average Bonchev–Trinajstić information content (AvgIpc) is 2.54. The summed E-state index contributed by atoms with van der Waals surface area (Å²) in [7, 11) is 1.97. The number of likely N-dealkylation sites (N-methyl/N-ethyl adjacent to an activating group) is 1. The van der Waals surface area contributed by atoms with E-state index in [1.807, 2.05) is 37.4 Å². The Morgan fingerprint density at radius 2 is 1.86 bits per heavy atom. The number of nitrogens with one attached hydrogen (secondary N) is 1. The van der Waals surface area contributed by atoms with Gasteiger partial charge in [-0.3, -0.25) is 0 Å². The molecule has 0 aromatic heterocycles. The van der Waals surface area contributed by atoms with Gasteiger partial charge < -0.3 is 10.1 Å². The van der Waals surface area contributed by atoms with Crippen molar-refractivity contribution in [3.63, 3.8) is 0 Å². The first kappa shape index (κ1) is 15.1. The number of hydrogen-bond donors (Lipinski definition) is 1. The van der Waals surface area contributed by atoms with Gasteiger partial charge in [-0.25, -0.2) is 0 Å². The molecule has 3 nitrogen and oxygen atoms in total. The van der Waals surface area contributed by atoms with Crippen LogP contribution in [0.15, 0.2) is 48.5 Å². The van der Waals surface area contributed by atoms with E-state index < -0.39 is 0 Å². The van der Waals surface area contributed by atoms with Crippen LogP contribution in [0.5, 0.6) is 5.75 Å². The van der Waals surface area contributed by atoms with Crippen LogP contribution in [0.25, 0.3) is 0 Å². The smallest absolute Gasteiger partial charge is 0.119 e. The summed E-state index contributed by atoms with van der Waals surface area (Å²) < 4.78 is 5.75. The molecule has 1 N–H and O–H groups in total. The second kappa shape index (κ2) is 7.47. The van der Waals surface area contributed by atoms with Gasteiger partial charge in [-0.2, -0.15) is 5.26 Å². The predicted octanol–water partition coefficient (Wildman–Crippen LogP) is 3.29. The molecule has 0 aliphatic rings. The van der Waals surface area contributed by atoms with Crippen molar-refractivity contribution in [2.45, 2.75) is 26.0 Å². The molecule has 2 aromatic rings. The van der Waals surface area contributed by atoms with Crippen LogP contribution in [0, 0.1) is 11.3 Å². The van der Waals surface area contributed by atoms with Crippen LogP contribution in [-0.2, 0) is 13.0 Å². The molecular weight excluding hydrogens is 260 g/mol. The molecular formula is C18H20N2O. The third-order valence-corrected chi connectivity index (χ3v) is 3.49. The van der Waals surface area contributed by atoms with Crippen molar-refractivity contribution >= 4 is 0 Å². The van der Waals surface area contributed by atoms with E-state index in [1.165, 1.54) is 5.56 Å². The Morgan fingerprint density at radius 3 is 2.52 bits per heavy atom. The van der Waals surface area contributed by atoms with Crippen LogP contribution < -0.4 is 10.1 Å². The van der Waals surface area contributed by atoms with Crippen molar-refractivity contribution in [1.29, 1.82) is 5.26 Å². The Balaban J connectivity index is 1.96. The van der Waals surface area contributed by atoms with E-state index in [1.54, 1.807) is 6.07 Å². The zero-order chi connectivity index (χ0) is 15.1. The van der Waals surface area contributed by atoms with Crippen LogP contribution in [0.3, 0.4) is 0 Å². The van der Waals surface area contributed by atoms with E-state index in [9.17, 15) is 0 Å². The van der Waals surface area contributed by atoms with E-state index in [-0.39, 0.29) is 0 Å². The van der Waals surface area contributed by atoms with E-state index in [4.69, 9.17) is 10.00 Å². The molecule has 21 heavy (non-hydrogen) atoms. The summed E-state index contributed by atoms with van der Waals surface area (Å²) in [6, 6.07) is 18.3. The van der Waals surface area contributed by atoms with E-state index >= 15 is 0 Å². The summed E-state index contributed by atoms with van der Waals surface area (Å²) in [6.45, 7) is 2.57. The number of nitrogens with zero attached hydrogens (tertiary/aromatic N) is 1. The third kappa shape index (κ3) is 4.34. The summed E-state index contributed by atoms with van der Waals surface area (Å²) in [6.07, 6.45) is 0.994. The quantitative estimate of drug-likeness (QED) is 0.883. The fourth-order valence-corrected chi connectivity index (χ4v) is 2.09. The highest BCUT2D eigenvalue weighted by molar-refractivity contribution is 5.37. The van der Waals surface area contributed by atoms with Gasteiger partial charge >= 0.3 is 0 Å². The summed E-state index contributed by atoms with van der Waals surface area (Å²) in [4.78, 5) is 0. The zero-order valence-electron chi connectivity index (χ0n) is 12.5. The molecule has 2 rings (SSSR count). The lowest BCUT2D eigenvalue weighted by Gasteiger charge is -2.11. The molecule has 2 aromatic carbocycles. The summed E-state index contributed by atoms with van der Waals surface area (Å²) in [5.41, 5.74) is 2.85. The topological polar surface area (TPSA) is 45.0 Å². The van der Waals surface area contributed by atoms with Crippen molar-refractivity contribution in [1.82, 2.24) is 5.32 Å². The molecule has 0 spiro atoms. The zero-order valence-corrected chi connectivity index (χ0v) is 12.5. The van der Waals surface area contributed by atoms with Crippen molar-refractivity contribution < 1.29 is 4.74 Å². The van der Waals surface area contributed by atoms with Crippen molar-refractivity contribution in [3.05, 3.63) is 65.2 Å². The number of ether oxygens (including phenoxy) is 1. The van der Waals surface area contributed by atoms with Crippen molar-refractivity contribution in [2.75, 3.05) is 7.05 Å². The van der Waals surface area contributed by atoms with Gasteiger partial charge in [0.05, 0.1) is 11.6 Å². The Bertz CT molecular complexity index is 614. The molecule has 108 valence electrons. The highest BCUT2D eigenvalue weighted by Crippen LogP contribution is 2.16. The number of benzene rings is 2. The summed E-state index contributed by atoms with van der Waals surface area (Å²) >= 11 is 0. The number of nitriles is 1. The lowest BCUT2D eigenvalue weighted by Crippen LogP contribution is -2.23. The Hall–Kier alpha value is -2.31. The molecule has 1 unspecified atom stereocenters. The van der Waals surface area contributed by atoms with Gasteiger partial charge in [0.25, 0.3) is 0 Å². The Kier molecular flexibility index (Phi) is 5.36. The Morgan fingerprint density at radius 1 is 1.14 bits per heavy atom. The first-order chi connectivity index (χ1) is 10.2. The van der Waals surface area contributed by atoms with E-state index in [0.717, 1.165) is 17.7 Å². The summed E-state index contributed by atoms with van der Waals surface area (Å²) in [5, 5.41) is 12.3. The second-order valence-electron chi connectivity index (χ2n) is 5.10. The molecule has 0 bridgehead atoms. The number of hydrogen-bond acceptors (Lipinski definition) is 3. The highest BCUT2D eigenvalue weighted by Gasteiger charge is 2.03. The van der Waals surface area contributed by atoms with Gasteiger partial charge in [0.2, 0.25) is 0 Å². The molecule has 0 aliphatic heterocycles. The first-order valence-electron chi connectivity index (χ1n) is 7.10. The van der Waals surface area contributed by atoms with Crippen molar-refractivity contribution in [2.24, 2.45) is 0 Å². The standard InChI is InChI=1S/C18H20N2O/c1-14(20-2)11-15-7-9-18(10-8-15)21-13-17-6-4-3-5-16(17)12-19/h3-10,14,20H,11,13H2,1-2H3. The van der Waals surface area contributed by atoms with Crippen LogP contribution in [0.4, 0.5) is 0 Å². The predicted molar refractivity (Wildman–Crippen MR) is 84.2 cm³/mol. The van der Waals surface area contributed by atoms with Gasteiger partial charge in [0.1, 0.15) is 12.4 Å². The molecule has 1 atom stereocenters. The maximum Gasteiger partial charge on any atom is 0.119 e. The van der Waals surface area contributed by atoms with Gasteiger partial charge in [-0.05, 0) is 44.2 Å². The molecule has 0 amide bonds. The maximum absolute atomic E-state index is 9.05. The number of rotatable bonds is 6. The molecule has 0 radical (unpaired) electrons. The SMILES string of the molecule is CNC(C)Cc1ccc(OCc2ccccc2C#N)cc1. The lowest BCUT2D eigenvalue weighted by molar-refractivity contribution is 0.306. The third-order valence-electron chi connectivity index (χ3n) is 3.49. The average molecular weight is 280 g/mol. The highest BCUT2D eigenvalue weighted by atomic mass is 16.5. The minimum absolute atomic E-state index is 0.413. The fourth-order valence-electron chi connectivity index (χ4n) is 2.09. The second-order valence-corrected chi connectivity index (χ2v) is 5.10. The minimum Gasteiger partial charge on any atom is -0.489 e. The summed E-state index contributed by atoms with van der Waals surface area (Å²) in [5.74, 6) is 0.823. The molecule has 0 fully saturated rings. The lowest BCUT2D eigenvalue weighted by atomic mass is 10.1. The van der Waals surface area contributed by atoms with Crippen LogP contribution in [0.1, 0.15) is 23.6 Å². The maximum atomic E-state index is 9.05. The van der Waals surface area contributed by atoms with Gasteiger partial charge in [-0.15, -0.1) is 0 Å². The van der Waals surface area contributed by atoms with Crippen molar-refractivity contribution in [3.8, 4) is 11.8 Å². The first-order valence-corrected chi connectivity index (χ1v) is 7.10. The fraction of sp³-hybridized carbons (Fsp3) is 0.278. The molecule has 0 saturated heterocycles. The van der Waals surface area contributed by atoms with Gasteiger partial charge in [0.15, 0.2) is 0 Å². The van der Waals surface area contributed by atoms with Gasteiger partial charge in [0, 0.05) is 11.6 Å². The normalized spacial score (nSPS) is 11.7. The largest absolute Gasteiger partial charge is 0.489 e. The molecule has 0 heterocycles. The molecule has 0 saturated carbocycles. The van der Waals surface area contributed by atoms with Crippen LogP contribution in [0.2, 0.25) is 0 Å². The monoisotopic (exact) mass is 280 g/mol. The van der Waals surface area contributed by atoms with Crippen LogP contribution >= 0.6 is 0 Å². The van der Waals surface area contributed by atoms with Crippen LogP contribution in [-0.4, -0.2) is 13.1 Å². The van der Waals surface area contributed by atoms with E-state index in [2.05, 4.69) is 30.4 Å².